The van der Waals surface area contributed by atoms with E-state index in [0.29, 0.717) is 0 Å². The van der Waals surface area contributed by atoms with Crippen molar-refractivity contribution in [1.82, 2.24) is 10.6 Å². The van der Waals surface area contributed by atoms with Gasteiger partial charge in [0.15, 0.2) is 13.2 Å². The first kappa shape index (κ1) is 22.2. The van der Waals surface area contributed by atoms with Crippen LogP contribution in [-0.2, 0) is 9.59 Å². The van der Waals surface area contributed by atoms with E-state index < -0.39 is 23.8 Å². The lowest BCUT2D eigenvalue weighted by Gasteiger charge is -2.10. The normalized spacial score (nSPS) is 10.0. The van der Waals surface area contributed by atoms with Crippen LogP contribution in [-0.4, -0.2) is 60.3 Å². The number of ether oxygens (including phenoxy) is 2. The van der Waals surface area contributed by atoms with E-state index in [-0.39, 0.29) is 48.9 Å². The number of carboxylic acid groups (broad SMARTS) is 2. The number of carboxylic acids is 2. The number of benzene rings is 2. The van der Waals surface area contributed by atoms with E-state index in [1.807, 2.05) is 0 Å². The van der Waals surface area contributed by atoms with Gasteiger partial charge in [-0.3, -0.25) is 9.59 Å². The summed E-state index contributed by atoms with van der Waals surface area (Å²) in [6.45, 7) is -0.310. The van der Waals surface area contributed by atoms with Crippen molar-refractivity contribution < 1.29 is 38.9 Å². The average Bonchev–Trinajstić information content (AvgIpc) is 2.74. The van der Waals surface area contributed by atoms with Gasteiger partial charge in [-0.15, -0.1) is 0 Å². The van der Waals surface area contributed by atoms with Crippen molar-refractivity contribution in [3.8, 4) is 11.5 Å². The number of hydrogen-bond acceptors (Lipinski definition) is 6. The van der Waals surface area contributed by atoms with Crippen molar-refractivity contribution in [2.24, 2.45) is 0 Å². The van der Waals surface area contributed by atoms with E-state index in [9.17, 15) is 19.2 Å². The van der Waals surface area contributed by atoms with E-state index in [1.165, 1.54) is 48.5 Å². The fraction of sp³-hybridized carbons (Fsp3) is 0.200. The second-order valence-electron chi connectivity index (χ2n) is 5.94. The highest BCUT2D eigenvalue weighted by Crippen LogP contribution is 2.13. The molecule has 0 heterocycles. The molecule has 30 heavy (non-hydrogen) atoms. The van der Waals surface area contributed by atoms with Crippen LogP contribution in [0.3, 0.4) is 0 Å². The molecule has 2 aromatic rings. The Morgan fingerprint density at radius 1 is 0.700 bits per heavy atom. The van der Waals surface area contributed by atoms with Gasteiger partial charge in [-0.2, -0.15) is 0 Å². The monoisotopic (exact) mass is 416 g/mol. The van der Waals surface area contributed by atoms with E-state index in [4.69, 9.17) is 19.7 Å². The van der Waals surface area contributed by atoms with Crippen LogP contribution in [0, 0.1) is 0 Å². The van der Waals surface area contributed by atoms with Crippen molar-refractivity contribution in [3.63, 3.8) is 0 Å². The molecule has 0 fully saturated rings. The fourth-order valence-corrected chi connectivity index (χ4v) is 2.24. The summed E-state index contributed by atoms with van der Waals surface area (Å²) in [5.74, 6) is -2.57. The maximum absolute atomic E-state index is 11.7. The van der Waals surface area contributed by atoms with Crippen LogP contribution in [0.25, 0.3) is 0 Å². The summed E-state index contributed by atoms with van der Waals surface area (Å²) in [6, 6.07) is 11.5. The number of carbonyl (C=O) groups is 4. The van der Waals surface area contributed by atoms with Crippen molar-refractivity contribution in [2.45, 2.75) is 0 Å². The number of carbonyl (C=O) groups excluding carboxylic acids is 2. The first-order valence-electron chi connectivity index (χ1n) is 8.81. The largest absolute Gasteiger partial charge is 0.484 e. The van der Waals surface area contributed by atoms with Gasteiger partial charge in [-0.25, -0.2) is 9.59 Å². The Balaban J connectivity index is 1.62. The first-order valence-corrected chi connectivity index (χ1v) is 8.81. The van der Waals surface area contributed by atoms with Gasteiger partial charge in [0.25, 0.3) is 11.8 Å². The van der Waals surface area contributed by atoms with Crippen LogP contribution in [0.2, 0.25) is 0 Å². The van der Waals surface area contributed by atoms with Crippen LogP contribution in [0.1, 0.15) is 20.7 Å². The molecule has 0 radical (unpaired) electrons. The number of amides is 2. The molecule has 0 saturated heterocycles. The summed E-state index contributed by atoms with van der Waals surface area (Å²) >= 11 is 0. The highest BCUT2D eigenvalue weighted by molar-refractivity contribution is 5.88. The summed E-state index contributed by atoms with van der Waals surface area (Å²) < 4.78 is 10.5. The average molecular weight is 416 g/mol. The number of hydrogen-bond donors (Lipinski definition) is 4. The minimum Gasteiger partial charge on any atom is -0.484 e. The van der Waals surface area contributed by atoms with Crippen LogP contribution >= 0.6 is 0 Å². The number of aromatic carboxylic acids is 2. The molecule has 2 aromatic carbocycles. The van der Waals surface area contributed by atoms with Crippen molar-refractivity contribution in [2.75, 3.05) is 26.3 Å². The smallest absolute Gasteiger partial charge is 0.335 e. The maximum atomic E-state index is 11.7. The van der Waals surface area contributed by atoms with Crippen molar-refractivity contribution in [1.29, 1.82) is 0 Å². The summed E-state index contributed by atoms with van der Waals surface area (Å²) in [4.78, 5) is 45.3. The van der Waals surface area contributed by atoms with Crippen LogP contribution in [0.5, 0.6) is 11.5 Å². The van der Waals surface area contributed by atoms with E-state index in [1.54, 1.807) is 0 Å². The number of rotatable bonds is 11. The molecular formula is C20H20N2O8. The van der Waals surface area contributed by atoms with Gasteiger partial charge in [0.1, 0.15) is 11.5 Å². The Kier molecular flexibility index (Phi) is 8.18. The lowest BCUT2D eigenvalue weighted by atomic mass is 10.2. The van der Waals surface area contributed by atoms with Gasteiger partial charge >= 0.3 is 11.9 Å². The van der Waals surface area contributed by atoms with Gasteiger partial charge in [0.05, 0.1) is 11.1 Å². The molecule has 0 aliphatic carbocycles. The molecule has 158 valence electrons. The predicted octanol–water partition coefficient (Wildman–Crippen LogP) is 0.773. The van der Waals surface area contributed by atoms with Crippen molar-refractivity contribution >= 4 is 23.8 Å². The van der Waals surface area contributed by atoms with E-state index in [2.05, 4.69) is 10.6 Å². The standard InChI is InChI=1S/C20H20N2O8/c23-17(11-29-15-5-1-3-13(9-15)19(25)26)21-7-8-22-18(24)12-30-16-6-2-4-14(10-16)20(27)28/h1-6,9-10H,7-8,11-12H2,(H,21,23)(H,22,24)(H,25,26)(H,27,28). The Bertz CT molecular complexity index is 853. The second kappa shape index (κ2) is 11.1. The number of nitrogens with one attached hydrogen (secondary N) is 2. The van der Waals surface area contributed by atoms with Gasteiger partial charge < -0.3 is 30.3 Å². The minimum absolute atomic E-state index is 0.0486. The molecule has 0 spiro atoms. The zero-order chi connectivity index (χ0) is 21.9. The third-order valence-corrected chi connectivity index (χ3v) is 3.67. The molecule has 10 nitrogen and oxygen atoms in total. The Morgan fingerprint density at radius 2 is 1.10 bits per heavy atom. The molecule has 0 aromatic heterocycles. The summed E-state index contributed by atoms with van der Waals surface area (Å²) in [7, 11) is 0. The van der Waals surface area contributed by atoms with Gasteiger partial charge in [-0.1, -0.05) is 12.1 Å². The second-order valence-corrected chi connectivity index (χ2v) is 5.94. The van der Waals surface area contributed by atoms with Crippen molar-refractivity contribution in [3.05, 3.63) is 59.7 Å². The Labute approximate surface area is 171 Å². The zero-order valence-electron chi connectivity index (χ0n) is 15.8. The van der Waals surface area contributed by atoms with E-state index in [0.717, 1.165) is 0 Å². The zero-order valence-corrected chi connectivity index (χ0v) is 15.8. The Hall–Kier alpha value is -4.08. The summed E-state index contributed by atoms with van der Waals surface area (Å²) in [6.07, 6.45) is 0. The SMILES string of the molecule is O=C(COc1cccc(C(=O)O)c1)NCCNC(=O)COc1cccc(C(=O)O)c1. The third kappa shape index (κ3) is 7.50. The Morgan fingerprint density at radius 3 is 1.47 bits per heavy atom. The quantitative estimate of drug-likeness (QED) is 0.392. The minimum atomic E-state index is -1.10. The molecule has 0 saturated carbocycles. The molecule has 0 bridgehead atoms. The van der Waals surface area contributed by atoms with Gasteiger partial charge in [0.2, 0.25) is 0 Å². The summed E-state index contributed by atoms with van der Waals surface area (Å²) in [5.41, 5.74) is 0.0973. The summed E-state index contributed by atoms with van der Waals surface area (Å²) in [5, 5.41) is 22.9. The van der Waals surface area contributed by atoms with Crippen LogP contribution in [0.15, 0.2) is 48.5 Å². The predicted molar refractivity (Wildman–Crippen MR) is 104 cm³/mol. The lowest BCUT2D eigenvalue weighted by Crippen LogP contribution is -2.38. The topological polar surface area (TPSA) is 151 Å². The molecule has 4 N–H and O–H groups in total. The molecule has 2 rings (SSSR count). The molecule has 0 aliphatic heterocycles. The fourth-order valence-electron chi connectivity index (χ4n) is 2.24. The molecule has 0 atom stereocenters. The molecule has 0 unspecified atom stereocenters. The van der Waals surface area contributed by atoms with E-state index >= 15 is 0 Å². The molecule has 2 amide bonds. The van der Waals surface area contributed by atoms with Crippen LogP contribution in [0.4, 0.5) is 0 Å². The van der Waals surface area contributed by atoms with Gasteiger partial charge in [-0.05, 0) is 36.4 Å². The van der Waals surface area contributed by atoms with Crippen LogP contribution < -0.4 is 20.1 Å². The molecule has 10 heteroatoms. The molecule has 0 aliphatic rings. The highest BCUT2D eigenvalue weighted by atomic mass is 16.5. The first-order chi connectivity index (χ1) is 14.3. The maximum Gasteiger partial charge on any atom is 0.335 e. The lowest BCUT2D eigenvalue weighted by molar-refractivity contribution is -0.124. The van der Waals surface area contributed by atoms with Gasteiger partial charge in [0, 0.05) is 13.1 Å². The molecular weight excluding hydrogens is 396 g/mol. The highest BCUT2D eigenvalue weighted by Gasteiger charge is 2.08. The third-order valence-electron chi connectivity index (χ3n) is 3.67.